The largest absolute Gasteiger partial charge is 0.486 e. The van der Waals surface area contributed by atoms with Crippen molar-refractivity contribution in [3.05, 3.63) is 58.6 Å². The summed E-state index contributed by atoms with van der Waals surface area (Å²) in [4.78, 5) is 12.0. The Labute approximate surface area is 143 Å². The molecule has 0 fully saturated rings. The Hall–Kier alpha value is -2.01. The summed E-state index contributed by atoms with van der Waals surface area (Å²) >= 11 is 3.43. The second-order valence-electron chi connectivity index (χ2n) is 5.43. The van der Waals surface area contributed by atoms with Gasteiger partial charge in [0.05, 0.1) is 6.54 Å². The fourth-order valence-electron chi connectivity index (χ4n) is 2.43. The fraction of sp³-hybridized carbons (Fsp3) is 0.278. The van der Waals surface area contributed by atoms with Gasteiger partial charge in [0, 0.05) is 10.9 Å². The van der Waals surface area contributed by atoms with Gasteiger partial charge in [-0.1, -0.05) is 40.2 Å². The monoisotopic (exact) mass is 375 g/mol. The number of benzene rings is 2. The zero-order valence-corrected chi connectivity index (χ0v) is 14.2. The summed E-state index contributed by atoms with van der Waals surface area (Å²) in [6.45, 7) is 0.897. The lowest BCUT2D eigenvalue weighted by molar-refractivity contribution is -0.121. The molecule has 1 heterocycles. The molecule has 0 aliphatic carbocycles. The number of hydrogen-bond donors (Lipinski definition) is 1. The molecule has 5 heteroatoms. The molecule has 1 aliphatic rings. The number of para-hydroxylation sites is 2. The van der Waals surface area contributed by atoms with E-state index in [1.54, 1.807) is 0 Å². The van der Waals surface area contributed by atoms with Crippen LogP contribution in [0.4, 0.5) is 0 Å². The van der Waals surface area contributed by atoms with Crippen molar-refractivity contribution < 1.29 is 14.3 Å². The molecule has 120 valence electrons. The molecule has 0 aromatic heterocycles. The molecule has 1 amide bonds. The summed E-state index contributed by atoms with van der Waals surface area (Å²) in [7, 11) is 0. The van der Waals surface area contributed by atoms with E-state index in [1.807, 2.05) is 48.5 Å². The predicted octanol–water partition coefficient (Wildman–Crippen LogP) is 3.34. The third-order valence-electron chi connectivity index (χ3n) is 3.62. The number of amides is 1. The van der Waals surface area contributed by atoms with Crippen molar-refractivity contribution in [2.45, 2.75) is 18.9 Å². The van der Waals surface area contributed by atoms with Crippen molar-refractivity contribution in [3.8, 4) is 11.5 Å². The minimum absolute atomic E-state index is 0.0208. The second kappa shape index (κ2) is 7.51. The average molecular weight is 376 g/mol. The molecule has 0 saturated heterocycles. The van der Waals surface area contributed by atoms with Crippen molar-refractivity contribution in [3.63, 3.8) is 0 Å². The maximum absolute atomic E-state index is 12.0. The number of ether oxygens (including phenoxy) is 2. The maximum atomic E-state index is 12.0. The van der Waals surface area contributed by atoms with Gasteiger partial charge in [-0.2, -0.15) is 0 Å². The van der Waals surface area contributed by atoms with Crippen LogP contribution in [0.15, 0.2) is 53.0 Å². The van der Waals surface area contributed by atoms with Crippen molar-refractivity contribution in [2.24, 2.45) is 0 Å². The zero-order valence-electron chi connectivity index (χ0n) is 12.6. The summed E-state index contributed by atoms with van der Waals surface area (Å²) < 4.78 is 12.5. The van der Waals surface area contributed by atoms with Gasteiger partial charge in [-0.05, 0) is 36.2 Å². The lowest BCUT2D eigenvalue weighted by Gasteiger charge is -2.26. The lowest BCUT2D eigenvalue weighted by Crippen LogP contribution is -2.40. The highest BCUT2D eigenvalue weighted by Gasteiger charge is 2.20. The predicted molar refractivity (Wildman–Crippen MR) is 91.8 cm³/mol. The van der Waals surface area contributed by atoms with Crippen LogP contribution in [0.3, 0.4) is 0 Å². The second-order valence-corrected chi connectivity index (χ2v) is 6.35. The number of halogens is 1. The van der Waals surface area contributed by atoms with Crippen LogP contribution in [0, 0.1) is 0 Å². The summed E-state index contributed by atoms with van der Waals surface area (Å²) in [6, 6.07) is 15.6. The van der Waals surface area contributed by atoms with Gasteiger partial charge in [0.15, 0.2) is 11.5 Å². The number of fused-ring (bicyclic) bond motifs is 1. The molecule has 0 bridgehead atoms. The number of carbonyl (C=O) groups excluding carboxylic acids is 1. The molecule has 3 rings (SSSR count). The Kier molecular flexibility index (Phi) is 5.18. The van der Waals surface area contributed by atoms with Crippen LogP contribution in [-0.4, -0.2) is 25.2 Å². The van der Waals surface area contributed by atoms with Crippen LogP contribution in [0.1, 0.15) is 12.0 Å². The molecule has 2 aromatic rings. The Morgan fingerprint density at radius 3 is 2.83 bits per heavy atom. The molecule has 1 aliphatic heterocycles. The summed E-state index contributed by atoms with van der Waals surface area (Å²) in [5.41, 5.74) is 1.14. The van der Waals surface area contributed by atoms with Crippen LogP contribution < -0.4 is 14.8 Å². The lowest BCUT2D eigenvalue weighted by atomic mass is 10.1. The smallest absolute Gasteiger partial charge is 0.220 e. The van der Waals surface area contributed by atoms with E-state index in [9.17, 15) is 4.79 Å². The minimum atomic E-state index is -0.153. The third kappa shape index (κ3) is 4.48. The maximum Gasteiger partial charge on any atom is 0.220 e. The Balaban J connectivity index is 1.43. The Morgan fingerprint density at radius 1 is 1.17 bits per heavy atom. The highest BCUT2D eigenvalue weighted by Crippen LogP contribution is 2.30. The van der Waals surface area contributed by atoms with Crippen LogP contribution in [0.25, 0.3) is 0 Å². The van der Waals surface area contributed by atoms with Crippen molar-refractivity contribution in [2.75, 3.05) is 13.2 Å². The first kappa shape index (κ1) is 15.9. The molecule has 1 atom stereocenters. The summed E-state index contributed by atoms with van der Waals surface area (Å²) in [5, 5.41) is 2.91. The highest BCUT2D eigenvalue weighted by molar-refractivity contribution is 9.10. The van der Waals surface area contributed by atoms with Gasteiger partial charge in [0.1, 0.15) is 12.7 Å². The van der Waals surface area contributed by atoms with Crippen molar-refractivity contribution >= 4 is 21.8 Å². The average Bonchev–Trinajstić information content (AvgIpc) is 2.58. The number of carbonyl (C=O) groups is 1. The summed E-state index contributed by atoms with van der Waals surface area (Å²) in [6.07, 6.45) is 1.02. The minimum Gasteiger partial charge on any atom is -0.486 e. The Bertz CT molecular complexity index is 689. The topological polar surface area (TPSA) is 47.6 Å². The first-order valence-corrected chi connectivity index (χ1v) is 8.39. The summed E-state index contributed by atoms with van der Waals surface area (Å²) in [5.74, 6) is 1.50. The highest BCUT2D eigenvalue weighted by atomic mass is 79.9. The van der Waals surface area contributed by atoms with E-state index in [1.165, 1.54) is 0 Å². The van der Waals surface area contributed by atoms with Gasteiger partial charge in [0.25, 0.3) is 0 Å². The molecule has 0 saturated carbocycles. The number of rotatable bonds is 5. The first-order chi connectivity index (χ1) is 11.2. The normalized spacial score (nSPS) is 16.0. The number of hydrogen-bond acceptors (Lipinski definition) is 3. The quantitative estimate of drug-likeness (QED) is 0.871. The van der Waals surface area contributed by atoms with Crippen LogP contribution >= 0.6 is 15.9 Å². The van der Waals surface area contributed by atoms with Gasteiger partial charge in [0.2, 0.25) is 5.91 Å². The van der Waals surface area contributed by atoms with Gasteiger partial charge < -0.3 is 14.8 Å². The van der Waals surface area contributed by atoms with Gasteiger partial charge in [-0.25, -0.2) is 0 Å². The molecular weight excluding hydrogens is 358 g/mol. The standard InChI is InChI=1S/C18H18BrNO3/c19-14-5-3-4-13(10-14)8-9-18(21)20-11-15-12-22-16-6-1-2-7-17(16)23-15/h1-7,10,15H,8-9,11-12H2,(H,20,21). The third-order valence-corrected chi connectivity index (χ3v) is 4.12. The van der Waals surface area contributed by atoms with Crippen LogP contribution in [0.5, 0.6) is 11.5 Å². The van der Waals surface area contributed by atoms with E-state index in [0.29, 0.717) is 19.6 Å². The van der Waals surface area contributed by atoms with Crippen LogP contribution in [-0.2, 0) is 11.2 Å². The molecule has 2 aromatic carbocycles. The molecular formula is C18H18BrNO3. The Morgan fingerprint density at radius 2 is 2.00 bits per heavy atom. The zero-order chi connectivity index (χ0) is 16.1. The van der Waals surface area contributed by atoms with E-state index in [-0.39, 0.29) is 12.0 Å². The first-order valence-electron chi connectivity index (χ1n) is 7.60. The molecule has 23 heavy (non-hydrogen) atoms. The van der Waals surface area contributed by atoms with Gasteiger partial charge in [-0.3, -0.25) is 4.79 Å². The van der Waals surface area contributed by atoms with Crippen molar-refractivity contribution in [1.82, 2.24) is 5.32 Å². The molecule has 1 unspecified atom stereocenters. The SMILES string of the molecule is O=C(CCc1cccc(Br)c1)NCC1COc2ccccc2O1. The van der Waals surface area contributed by atoms with Gasteiger partial charge >= 0.3 is 0 Å². The van der Waals surface area contributed by atoms with Gasteiger partial charge in [-0.15, -0.1) is 0 Å². The van der Waals surface area contributed by atoms with Crippen LogP contribution in [0.2, 0.25) is 0 Å². The van der Waals surface area contributed by atoms with E-state index in [0.717, 1.165) is 28.0 Å². The van der Waals surface area contributed by atoms with E-state index in [4.69, 9.17) is 9.47 Å². The van der Waals surface area contributed by atoms with E-state index in [2.05, 4.69) is 21.2 Å². The molecule has 1 N–H and O–H groups in total. The van der Waals surface area contributed by atoms with E-state index < -0.39 is 0 Å². The van der Waals surface area contributed by atoms with E-state index >= 15 is 0 Å². The fourth-order valence-corrected chi connectivity index (χ4v) is 2.88. The molecule has 4 nitrogen and oxygen atoms in total. The molecule has 0 spiro atoms. The molecule has 0 radical (unpaired) electrons. The van der Waals surface area contributed by atoms with Crippen molar-refractivity contribution in [1.29, 1.82) is 0 Å². The number of nitrogens with one attached hydrogen (secondary N) is 1. The number of aryl methyl sites for hydroxylation is 1.